The zero-order valence-electron chi connectivity index (χ0n) is 26.8. The van der Waals surface area contributed by atoms with E-state index in [0.717, 1.165) is 29.5 Å². The summed E-state index contributed by atoms with van der Waals surface area (Å²) in [6, 6.07) is 13.5. The molecule has 0 aliphatic carbocycles. The highest BCUT2D eigenvalue weighted by atomic mass is 79.9. The standard InChI is InChI=1S/C34H37BrF3N3O7S/c1-18(2)20-8-4-5-9-21(20)28(15-42)49(34(47,33(46)48-3)22-10-6-7-11-23(22)35)17-27(44)31(32(45)29(49)16-43)41-14-26(39-40-41)19-12-24(36)30(38)25(37)13-19/h4-14,18,27-29,31-32,42-45,47H,15-17H2,1-3H3/t27-,28?,29+,31-,32-,34?/m0/s1. The number of benzene rings is 3. The number of aliphatic hydroxyl groups is 5. The quantitative estimate of drug-likeness (QED) is 0.116. The molecule has 1 aliphatic rings. The molecular weight excluding hydrogens is 731 g/mol. The van der Waals surface area contributed by atoms with Crippen LogP contribution < -0.4 is 0 Å². The van der Waals surface area contributed by atoms with Crippen molar-refractivity contribution in [3.05, 3.63) is 105 Å². The summed E-state index contributed by atoms with van der Waals surface area (Å²) in [7, 11) is -2.39. The molecule has 4 aromatic rings. The molecule has 7 atom stereocenters. The van der Waals surface area contributed by atoms with Crippen LogP contribution in [0.2, 0.25) is 0 Å². The van der Waals surface area contributed by atoms with E-state index in [-0.39, 0.29) is 22.7 Å². The van der Waals surface area contributed by atoms with E-state index in [1.807, 2.05) is 19.9 Å². The Hall–Kier alpha value is -3.31. The van der Waals surface area contributed by atoms with Crippen molar-refractivity contribution < 1.29 is 48.2 Å². The van der Waals surface area contributed by atoms with Crippen LogP contribution in [-0.2, 0) is 14.5 Å². The Balaban J connectivity index is 1.76. The molecule has 1 fully saturated rings. The average molecular weight is 769 g/mol. The third-order valence-corrected chi connectivity index (χ3v) is 15.3. The number of rotatable bonds is 10. The van der Waals surface area contributed by atoms with Crippen LogP contribution in [0.15, 0.2) is 71.3 Å². The number of hydrogen-bond donors (Lipinski definition) is 5. The molecule has 264 valence electrons. The number of nitrogens with zero attached hydrogens (tertiary/aromatic N) is 3. The maximum Gasteiger partial charge on any atom is 0.352 e. The highest BCUT2D eigenvalue weighted by Crippen LogP contribution is 2.77. The predicted octanol–water partition coefficient (Wildman–Crippen LogP) is 4.44. The zero-order valence-corrected chi connectivity index (χ0v) is 29.2. The number of carbonyl (C=O) groups is 1. The molecule has 5 N–H and O–H groups in total. The first-order valence-corrected chi connectivity index (χ1v) is 18.1. The lowest BCUT2D eigenvalue weighted by Crippen LogP contribution is -2.61. The Morgan fingerprint density at radius 3 is 2.24 bits per heavy atom. The zero-order chi connectivity index (χ0) is 35.8. The smallest absolute Gasteiger partial charge is 0.352 e. The average Bonchev–Trinajstić information content (AvgIpc) is 3.56. The van der Waals surface area contributed by atoms with Gasteiger partial charge in [-0.15, -0.1) is 5.10 Å². The normalized spacial score (nSPS) is 25.7. The van der Waals surface area contributed by atoms with Crippen LogP contribution in [0.5, 0.6) is 0 Å². The summed E-state index contributed by atoms with van der Waals surface area (Å²) in [5.74, 6) is -6.23. The minimum atomic E-state index is -3.47. The summed E-state index contributed by atoms with van der Waals surface area (Å²) in [5, 5.41) is 65.1. The van der Waals surface area contributed by atoms with Crippen molar-refractivity contribution in [1.29, 1.82) is 0 Å². The van der Waals surface area contributed by atoms with Gasteiger partial charge in [0.1, 0.15) is 11.7 Å². The molecule has 10 nitrogen and oxygen atoms in total. The fourth-order valence-corrected chi connectivity index (χ4v) is 13.3. The van der Waals surface area contributed by atoms with Gasteiger partial charge < -0.3 is 30.3 Å². The number of hydrogen-bond acceptors (Lipinski definition) is 9. The number of ether oxygens (including phenoxy) is 1. The van der Waals surface area contributed by atoms with Gasteiger partial charge in [0, 0.05) is 31.9 Å². The predicted molar refractivity (Wildman–Crippen MR) is 180 cm³/mol. The number of aromatic nitrogens is 3. The molecule has 0 radical (unpaired) electrons. The van der Waals surface area contributed by atoms with Crippen molar-refractivity contribution in [1.82, 2.24) is 15.0 Å². The van der Waals surface area contributed by atoms with Gasteiger partial charge in [0.25, 0.3) is 0 Å². The second-order valence-electron chi connectivity index (χ2n) is 12.2. The molecule has 15 heteroatoms. The molecule has 3 unspecified atom stereocenters. The lowest BCUT2D eigenvalue weighted by Gasteiger charge is -2.63. The molecule has 5 rings (SSSR count). The van der Waals surface area contributed by atoms with Gasteiger partial charge in [-0.2, -0.15) is 10.0 Å². The summed E-state index contributed by atoms with van der Waals surface area (Å²) >= 11 is 3.44. The molecule has 49 heavy (non-hydrogen) atoms. The van der Waals surface area contributed by atoms with Gasteiger partial charge in [-0.1, -0.05) is 77.5 Å². The Morgan fingerprint density at radius 2 is 1.67 bits per heavy atom. The lowest BCUT2D eigenvalue weighted by molar-refractivity contribution is -0.154. The van der Waals surface area contributed by atoms with E-state index < -0.39 is 86.1 Å². The first kappa shape index (κ1) is 37.0. The summed E-state index contributed by atoms with van der Waals surface area (Å²) in [6.07, 6.45) is -2.17. The maximum absolute atomic E-state index is 14.1. The van der Waals surface area contributed by atoms with Crippen molar-refractivity contribution in [2.24, 2.45) is 0 Å². The molecule has 1 aromatic heterocycles. The topological polar surface area (TPSA) is 158 Å². The molecule has 0 bridgehead atoms. The molecule has 3 aromatic carbocycles. The minimum absolute atomic E-state index is 0.0389. The van der Waals surface area contributed by atoms with E-state index in [1.165, 1.54) is 12.3 Å². The fraction of sp³-hybridized carbons (Fsp3) is 0.382. The maximum atomic E-state index is 14.1. The highest BCUT2D eigenvalue weighted by Gasteiger charge is 2.67. The van der Waals surface area contributed by atoms with Crippen LogP contribution in [0.1, 0.15) is 47.7 Å². The third kappa shape index (κ3) is 6.09. The van der Waals surface area contributed by atoms with E-state index >= 15 is 0 Å². The molecular formula is C34H37BrF3N3O7S. The molecule has 0 amide bonds. The molecule has 0 spiro atoms. The number of esters is 1. The van der Waals surface area contributed by atoms with E-state index in [2.05, 4.69) is 26.2 Å². The summed E-state index contributed by atoms with van der Waals surface area (Å²) in [4.78, 5) is 11.5. The summed E-state index contributed by atoms with van der Waals surface area (Å²) < 4.78 is 48.3. The van der Waals surface area contributed by atoms with Crippen LogP contribution in [0.25, 0.3) is 11.3 Å². The van der Waals surface area contributed by atoms with Crippen LogP contribution in [-0.4, -0.2) is 90.0 Å². The van der Waals surface area contributed by atoms with E-state index in [4.69, 9.17) is 4.74 Å². The van der Waals surface area contributed by atoms with Gasteiger partial charge in [0.2, 0.25) is 4.93 Å². The second kappa shape index (κ2) is 14.5. The Bertz CT molecular complexity index is 1810. The van der Waals surface area contributed by atoms with E-state index in [1.54, 1.807) is 36.4 Å². The number of aliphatic hydroxyl groups excluding tert-OH is 4. The van der Waals surface area contributed by atoms with Gasteiger partial charge in [-0.3, -0.25) is 0 Å². The van der Waals surface area contributed by atoms with Gasteiger partial charge in [-0.25, -0.2) is 22.6 Å². The Morgan fingerprint density at radius 1 is 1.06 bits per heavy atom. The molecule has 2 heterocycles. The van der Waals surface area contributed by atoms with Crippen molar-refractivity contribution in [2.45, 2.75) is 53.4 Å². The molecule has 1 saturated heterocycles. The Labute approximate surface area is 290 Å². The summed E-state index contributed by atoms with van der Waals surface area (Å²) in [5.41, 5.74) is 1.08. The monoisotopic (exact) mass is 767 g/mol. The van der Waals surface area contributed by atoms with Crippen LogP contribution in [0, 0.1) is 17.5 Å². The third-order valence-electron chi connectivity index (χ3n) is 9.28. The number of methoxy groups -OCH3 is 1. The second-order valence-corrected chi connectivity index (χ2v) is 16.8. The van der Waals surface area contributed by atoms with Crippen molar-refractivity contribution >= 4 is 31.9 Å². The van der Waals surface area contributed by atoms with Crippen LogP contribution in [0.3, 0.4) is 0 Å². The van der Waals surface area contributed by atoms with E-state index in [9.17, 15) is 43.5 Å². The lowest BCUT2D eigenvalue weighted by atomic mass is 9.95. The molecule has 1 aliphatic heterocycles. The minimum Gasteiger partial charge on any atom is -0.466 e. The first-order chi connectivity index (χ1) is 23.3. The van der Waals surface area contributed by atoms with Gasteiger partial charge >= 0.3 is 5.97 Å². The fourth-order valence-electron chi connectivity index (χ4n) is 7.04. The van der Waals surface area contributed by atoms with E-state index in [0.29, 0.717) is 10.0 Å². The van der Waals surface area contributed by atoms with Gasteiger partial charge in [0.15, 0.2) is 17.5 Å². The van der Waals surface area contributed by atoms with Crippen molar-refractivity contribution in [3.63, 3.8) is 0 Å². The van der Waals surface area contributed by atoms with Gasteiger partial charge in [-0.05, 0) is 35.2 Å². The number of carbonyl (C=O) groups excluding carboxylic acids is 1. The largest absolute Gasteiger partial charge is 0.466 e. The van der Waals surface area contributed by atoms with Crippen molar-refractivity contribution in [2.75, 3.05) is 26.1 Å². The SMILES string of the molecule is COC(=O)C(O)(c1ccccc1Br)S1(C(CO)c2ccccc2C(C)C)C[C@H](O)[C@H](n2cc(-c3cc(F)c(F)c(F)c3)nn2)[C@@H](O)[C@H]1CO. The first-order valence-electron chi connectivity index (χ1n) is 15.4. The number of halogens is 4. The van der Waals surface area contributed by atoms with Crippen molar-refractivity contribution in [3.8, 4) is 11.3 Å². The molecule has 0 saturated carbocycles. The summed E-state index contributed by atoms with van der Waals surface area (Å²) in [6.45, 7) is 2.39. The van der Waals surface area contributed by atoms with Crippen LogP contribution in [0.4, 0.5) is 13.2 Å². The van der Waals surface area contributed by atoms with Gasteiger partial charge in [0.05, 0.1) is 38.7 Å². The van der Waals surface area contributed by atoms with Crippen LogP contribution >= 0.6 is 26.0 Å². The highest BCUT2D eigenvalue weighted by molar-refractivity contribution is 9.10. The Kier molecular flexibility index (Phi) is 10.9.